The summed E-state index contributed by atoms with van der Waals surface area (Å²) in [5, 5.41) is 11.0. The Bertz CT molecular complexity index is 1060. The zero-order valence-electron chi connectivity index (χ0n) is 17.7. The molecular weight excluding hydrogens is 408 g/mol. The van der Waals surface area contributed by atoms with Gasteiger partial charge in [0.2, 0.25) is 0 Å². The SMILES string of the molecule is CC(C)Cc1ccc(C(=O)C[C@@H](Sc2ccccc2N)c2cccc([N+](=O)[O-])c2)cc1. The average molecular weight is 435 g/mol. The number of rotatable bonds is 9. The van der Waals surface area contributed by atoms with Gasteiger partial charge in [0.05, 0.1) is 4.92 Å². The summed E-state index contributed by atoms with van der Waals surface area (Å²) < 4.78 is 0. The Morgan fingerprint density at radius 3 is 2.39 bits per heavy atom. The molecule has 0 heterocycles. The van der Waals surface area contributed by atoms with E-state index in [1.54, 1.807) is 6.07 Å². The van der Waals surface area contributed by atoms with E-state index in [9.17, 15) is 14.9 Å². The summed E-state index contributed by atoms with van der Waals surface area (Å²) in [7, 11) is 0. The molecular formula is C25H26N2O3S. The van der Waals surface area contributed by atoms with Gasteiger partial charge in [0.1, 0.15) is 0 Å². The Balaban J connectivity index is 1.87. The van der Waals surface area contributed by atoms with Crippen LogP contribution < -0.4 is 5.73 Å². The van der Waals surface area contributed by atoms with E-state index < -0.39 is 4.92 Å². The van der Waals surface area contributed by atoms with E-state index in [1.807, 2.05) is 54.6 Å². The molecule has 31 heavy (non-hydrogen) atoms. The molecule has 2 N–H and O–H groups in total. The van der Waals surface area contributed by atoms with Gasteiger partial charge >= 0.3 is 0 Å². The van der Waals surface area contributed by atoms with Gasteiger partial charge in [0.15, 0.2) is 5.78 Å². The minimum Gasteiger partial charge on any atom is -0.398 e. The number of nitrogens with two attached hydrogens (primary N) is 1. The smallest absolute Gasteiger partial charge is 0.269 e. The number of nitrogens with zero attached hydrogens (tertiary/aromatic N) is 1. The minimum absolute atomic E-state index is 0.00499. The van der Waals surface area contributed by atoms with Gasteiger partial charge in [0.25, 0.3) is 5.69 Å². The molecule has 1 atom stereocenters. The van der Waals surface area contributed by atoms with Crippen LogP contribution in [0.25, 0.3) is 0 Å². The van der Waals surface area contributed by atoms with Gasteiger partial charge in [-0.2, -0.15) is 0 Å². The molecule has 0 saturated heterocycles. The number of non-ortho nitro benzene ring substituents is 1. The highest BCUT2D eigenvalue weighted by Gasteiger charge is 2.21. The molecule has 0 aliphatic rings. The number of para-hydroxylation sites is 1. The van der Waals surface area contributed by atoms with E-state index >= 15 is 0 Å². The lowest BCUT2D eigenvalue weighted by Gasteiger charge is -2.18. The van der Waals surface area contributed by atoms with Crippen LogP contribution in [-0.4, -0.2) is 10.7 Å². The first-order chi connectivity index (χ1) is 14.8. The third kappa shape index (κ3) is 6.18. The first-order valence-corrected chi connectivity index (χ1v) is 11.1. The highest BCUT2D eigenvalue weighted by molar-refractivity contribution is 7.99. The number of anilines is 1. The van der Waals surface area contributed by atoms with Crippen LogP contribution in [0.1, 0.15) is 47.0 Å². The van der Waals surface area contributed by atoms with Gasteiger partial charge < -0.3 is 5.73 Å². The summed E-state index contributed by atoms with van der Waals surface area (Å²) in [5.41, 5.74) is 9.31. The number of thioether (sulfide) groups is 1. The van der Waals surface area contributed by atoms with E-state index in [2.05, 4.69) is 13.8 Å². The molecule has 0 unspecified atom stereocenters. The van der Waals surface area contributed by atoms with E-state index in [1.165, 1.54) is 29.5 Å². The van der Waals surface area contributed by atoms with Crippen molar-refractivity contribution >= 4 is 28.9 Å². The largest absolute Gasteiger partial charge is 0.398 e. The Morgan fingerprint density at radius 2 is 1.74 bits per heavy atom. The van der Waals surface area contributed by atoms with Crippen LogP contribution in [0.4, 0.5) is 11.4 Å². The molecule has 0 fully saturated rings. The summed E-state index contributed by atoms with van der Waals surface area (Å²) in [5.74, 6) is 0.544. The molecule has 0 aliphatic carbocycles. The number of nitro benzene ring substituents is 1. The zero-order chi connectivity index (χ0) is 22.4. The van der Waals surface area contributed by atoms with Crippen LogP contribution in [-0.2, 0) is 6.42 Å². The summed E-state index contributed by atoms with van der Waals surface area (Å²) in [6, 6.07) is 21.6. The number of carbonyl (C=O) groups is 1. The number of hydrogen-bond donors (Lipinski definition) is 1. The van der Waals surface area contributed by atoms with E-state index in [0.29, 0.717) is 17.2 Å². The first-order valence-electron chi connectivity index (χ1n) is 10.2. The number of hydrogen-bond acceptors (Lipinski definition) is 5. The lowest BCUT2D eigenvalue weighted by Crippen LogP contribution is -2.07. The molecule has 3 aromatic rings. The molecule has 3 aromatic carbocycles. The molecule has 0 radical (unpaired) electrons. The highest BCUT2D eigenvalue weighted by atomic mass is 32.2. The minimum atomic E-state index is -0.419. The number of nitro groups is 1. The standard InChI is InChI=1S/C25H26N2O3S/c1-17(2)14-18-10-12-19(13-11-18)23(28)16-25(31-24-9-4-3-8-22(24)26)20-6-5-7-21(15-20)27(29)30/h3-13,15,17,25H,14,16,26H2,1-2H3/t25-/m1/s1. The number of nitrogen functional groups attached to an aromatic ring is 1. The second-order valence-electron chi connectivity index (χ2n) is 7.92. The maximum absolute atomic E-state index is 13.1. The fraction of sp³-hybridized carbons (Fsp3) is 0.240. The first kappa shape index (κ1) is 22.6. The number of benzene rings is 3. The van der Waals surface area contributed by atoms with Crippen molar-refractivity contribution in [2.75, 3.05) is 5.73 Å². The fourth-order valence-corrected chi connectivity index (χ4v) is 4.58. The maximum Gasteiger partial charge on any atom is 0.269 e. The van der Waals surface area contributed by atoms with Gasteiger partial charge in [0, 0.05) is 39.9 Å². The molecule has 0 spiro atoms. The van der Waals surface area contributed by atoms with E-state index in [0.717, 1.165) is 16.9 Å². The topological polar surface area (TPSA) is 86.2 Å². The van der Waals surface area contributed by atoms with Gasteiger partial charge in [-0.25, -0.2) is 0 Å². The molecule has 0 bridgehead atoms. The average Bonchev–Trinajstić information content (AvgIpc) is 2.75. The van der Waals surface area contributed by atoms with Crippen molar-refractivity contribution in [2.45, 2.75) is 36.8 Å². The van der Waals surface area contributed by atoms with Crippen molar-refractivity contribution in [1.29, 1.82) is 0 Å². The Hall–Kier alpha value is -3.12. The Kier molecular flexibility index (Phi) is 7.47. The van der Waals surface area contributed by atoms with Crippen LogP contribution in [0.2, 0.25) is 0 Å². The summed E-state index contributed by atoms with van der Waals surface area (Å²) in [6.45, 7) is 4.32. The molecule has 0 aromatic heterocycles. The predicted molar refractivity (Wildman–Crippen MR) is 126 cm³/mol. The van der Waals surface area contributed by atoms with Crippen LogP contribution in [0.5, 0.6) is 0 Å². The predicted octanol–water partition coefficient (Wildman–Crippen LogP) is 6.48. The molecule has 6 heteroatoms. The third-order valence-corrected chi connectivity index (χ3v) is 6.28. The van der Waals surface area contributed by atoms with Crippen molar-refractivity contribution in [3.8, 4) is 0 Å². The second kappa shape index (κ2) is 10.3. The lowest BCUT2D eigenvalue weighted by atomic mass is 9.98. The third-order valence-electron chi connectivity index (χ3n) is 4.93. The Labute approximate surface area is 186 Å². The van der Waals surface area contributed by atoms with Crippen LogP contribution in [0, 0.1) is 16.0 Å². The summed E-state index contributed by atoms with van der Waals surface area (Å²) in [6.07, 6.45) is 1.18. The van der Waals surface area contributed by atoms with E-state index in [-0.39, 0.29) is 23.1 Å². The molecule has 0 amide bonds. The molecule has 160 valence electrons. The molecule has 0 saturated carbocycles. The normalized spacial score (nSPS) is 12.0. The zero-order valence-corrected chi connectivity index (χ0v) is 18.5. The number of Topliss-reactive ketones (excluding diaryl/α,β-unsaturated/α-hetero) is 1. The number of carbonyl (C=O) groups excluding carboxylic acids is 1. The summed E-state index contributed by atoms with van der Waals surface area (Å²) >= 11 is 1.45. The van der Waals surface area contributed by atoms with Crippen molar-refractivity contribution in [3.05, 3.63) is 99.6 Å². The van der Waals surface area contributed by atoms with Crippen LogP contribution in [0.3, 0.4) is 0 Å². The quantitative estimate of drug-likeness (QED) is 0.137. The molecule has 0 aliphatic heterocycles. The van der Waals surface area contributed by atoms with Gasteiger partial charge in [-0.3, -0.25) is 14.9 Å². The lowest BCUT2D eigenvalue weighted by molar-refractivity contribution is -0.384. The van der Waals surface area contributed by atoms with Gasteiger partial charge in [-0.15, -0.1) is 11.8 Å². The van der Waals surface area contributed by atoms with Crippen molar-refractivity contribution in [3.63, 3.8) is 0 Å². The second-order valence-corrected chi connectivity index (χ2v) is 9.16. The van der Waals surface area contributed by atoms with Gasteiger partial charge in [-0.05, 0) is 35.6 Å². The van der Waals surface area contributed by atoms with E-state index in [4.69, 9.17) is 5.73 Å². The van der Waals surface area contributed by atoms with Crippen molar-refractivity contribution in [2.24, 2.45) is 5.92 Å². The fourth-order valence-electron chi connectivity index (χ4n) is 3.39. The highest BCUT2D eigenvalue weighted by Crippen LogP contribution is 2.41. The van der Waals surface area contributed by atoms with Gasteiger partial charge in [-0.1, -0.05) is 62.4 Å². The number of ketones is 1. The monoisotopic (exact) mass is 434 g/mol. The molecule has 3 rings (SSSR count). The van der Waals surface area contributed by atoms with Crippen LogP contribution in [0.15, 0.2) is 77.7 Å². The molecule has 5 nitrogen and oxygen atoms in total. The van der Waals surface area contributed by atoms with Crippen molar-refractivity contribution in [1.82, 2.24) is 0 Å². The van der Waals surface area contributed by atoms with Crippen molar-refractivity contribution < 1.29 is 9.72 Å². The summed E-state index contributed by atoms with van der Waals surface area (Å²) in [4.78, 5) is 24.8. The Morgan fingerprint density at radius 1 is 1.03 bits per heavy atom. The van der Waals surface area contributed by atoms with Crippen LogP contribution >= 0.6 is 11.8 Å². The maximum atomic E-state index is 13.1.